The Morgan fingerprint density at radius 2 is 1.84 bits per heavy atom. The summed E-state index contributed by atoms with van der Waals surface area (Å²) >= 11 is 0. The monoisotopic (exact) mass is 265 g/mol. The molecular formula is C15H23NO3. The van der Waals surface area contributed by atoms with Crippen LogP contribution in [0.15, 0.2) is 24.3 Å². The van der Waals surface area contributed by atoms with Gasteiger partial charge in [0.05, 0.1) is 6.61 Å². The van der Waals surface area contributed by atoms with Crippen LogP contribution in [0.1, 0.15) is 39.2 Å². The summed E-state index contributed by atoms with van der Waals surface area (Å²) in [5.74, 6) is 0.607. The van der Waals surface area contributed by atoms with Gasteiger partial charge in [-0.25, -0.2) is 0 Å². The van der Waals surface area contributed by atoms with Crippen LogP contribution in [-0.2, 0) is 16.1 Å². The van der Waals surface area contributed by atoms with E-state index in [0.717, 1.165) is 11.3 Å². The second-order valence-electron chi connectivity index (χ2n) is 5.39. The molecule has 0 atom stereocenters. The Balaban J connectivity index is 2.21. The Kier molecular flexibility index (Phi) is 5.83. The molecule has 0 aliphatic rings. The molecule has 1 aromatic carbocycles. The first-order chi connectivity index (χ1) is 8.90. The standard InChI is InChI=1S/C15H23NO3/c1-15(2,3)19-14(17)5-4-10-18-13-8-6-12(11-16)7-9-13/h6-9H,4-5,10-11,16H2,1-3H3. The Morgan fingerprint density at radius 1 is 1.21 bits per heavy atom. The highest BCUT2D eigenvalue weighted by Gasteiger charge is 2.15. The second kappa shape index (κ2) is 7.14. The molecule has 0 saturated heterocycles. The fourth-order valence-electron chi connectivity index (χ4n) is 1.52. The Morgan fingerprint density at radius 3 is 2.37 bits per heavy atom. The van der Waals surface area contributed by atoms with Gasteiger partial charge in [0.2, 0.25) is 0 Å². The van der Waals surface area contributed by atoms with Crippen molar-refractivity contribution in [3.63, 3.8) is 0 Å². The number of ether oxygens (including phenoxy) is 2. The van der Waals surface area contributed by atoms with Crippen LogP contribution in [0.3, 0.4) is 0 Å². The number of esters is 1. The first-order valence-electron chi connectivity index (χ1n) is 6.54. The quantitative estimate of drug-likeness (QED) is 0.634. The first kappa shape index (κ1) is 15.5. The van der Waals surface area contributed by atoms with Crippen molar-refractivity contribution in [1.29, 1.82) is 0 Å². The average molecular weight is 265 g/mol. The van der Waals surface area contributed by atoms with E-state index in [1.165, 1.54) is 0 Å². The van der Waals surface area contributed by atoms with Gasteiger partial charge in [0.1, 0.15) is 11.4 Å². The van der Waals surface area contributed by atoms with E-state index in [9.17, 15) is 4.79 Å². The van der Waals surface area contributed by atoms with Gasteiger partial charge >= 0.3 is 5.97 Å². The van der Waals surface area contributed by atoms with Crippen molar-refractivity contribution in [3.8, 4) is 5.75 Å². The number of carbonyl (C=O) groups is 1. The minimum absolute atomic E-state index is 0.186. The lowest BCUT2D eigenvalue weighted by atomic mass is 10.2. The van der Waals surface area contributed by atoms with Gasteiger partial charge in [0.25, 0.3) is 0 Å². The second-order valence-corrected chi connectivity index (χ2v) is 5.39. The van der Waals surface area contributed by atoms with Gasteiger partial charge in [-0.2, -0.15) is 0 Å². The summed E-state index contributed by atoms with van der Waals surface area (Å²) in [6, 6.07) is 7.64. The van der Waals surface area contributed by atoms with Crippen molar-refractivity contribution in [2.24, 2.45) is 5.73 Å². The van der Waals surface area contributed by atoms with Gasteiger partial charge in [-0.1, -0.05) is 12.1 Å². The summed E-state index contributed by atoms with van der Waals surface area (Å²) in [6.07, 6.45) is 1.02. The summed E-state index contributed by atoms with van der Waals surface area (Å²) in [5, 5.41) is 0. The Hall–Kier alpha value is -1.55. The lowest BCUT2D eigenvalue weighted by Crippen LogP contribution is -2.23. The third kappa shape index (κ3) is 6.82. The number of rotatable bonds is 6. The molecule has 0 saturated carbocycles. The molecule has 0 heterocycles. The van der Waals surface area contributed by atoms with E-state index in [1.54, 1.807) is 0 Å². The van der Waals surface area contributed by atoms with E-state index in [2.05, 4.69) is 0 Å². The van der Waals surface area contributed by atoms with Crippen LogP contribution in [0.2, 0.25) is 0 Å². The smallest absolute Gasteiger partial charge is 0.306 e. The lowest BCUT2D eigenvalue weighted by molar-refractivity contribution is -0.155. The lowest BCUT2D eigenvalue weighted by Gasteiger charge is -2.19. The van der Waals surface area contributed by atoms with E-state index >= 15 is 0 Å². The molecule has 4 heteroatoms. The third-order valence-corrected chi connectivity index (χ3v) is 2.37. The fourth-order valence-corrected chi connectivity index (χ4v) is 1.52. The highest BCUT2D eigenvalue weighted by molar-refractivity contribution is 5.69. The molecule has 4 nitrogen and oxygen atoms in total. The zero-order valence-electron chi connectivity index (χ0n) is 11.9. The number of hydrogen-bond donors (Lipinski definition) is 1. The summed E-state index contributed by atoms with van der Waals surface area (Å²) in [7, 11) is 0. The Bertz CT molecular complexity index is 393. The van der Waals surface area contributed by atoms with Crippen LogP contribution in [0.5, 0.6) is 5.75 Å². The molecular weight excluding hydrogens is 242 g/mol. The molecule has 0 aromatic heterocycles. The zero-order chi connectivity index (χ0) is 14.3. The minimum Gasteiger partial charge on any atom is -0.494 e. The summed E-state index contributed by atoms with van der Waals surface area (Å²) in [6.45, 7) is 6.61. The number of nitrogens with two attached hydrogens (primary N) is 1. The molecule has 106 valence electrons. The van der Waals surface area contributed by atoms with Crippen molar-refractivity contribution >= 4 is 5.97 Å². The zero-order valence-corrected chi connectivity index (χ0v) is 11.9. The van der Waals surface area contributed by atoms with Crippen LogP contribution in [-0.4, -0.2) is 18.2 Å². The van der Waals surface area contributed by atoms with E-state index in [4.69, 9.17) is 15.2 Å². The fraction of sp³-hybridized carbons (Fsp3) is 0.533. The molecule has 0 aliphatic heterocycles. The summed E-state index contributed by atoms with van der Waals surface area (Å²) < 4.78 is 10.7. The van der Waals surface area contributed by atoms with Crippen LogP contribution < -0.4 is 10.5 Å². The Labute approximate surface area is 114 Å². The molecule has 0 amide bonds. The highest BCUT2D eigenvalue weighted by atomic mass is 16.6. The topological polar surface area (TPSA) is 61.5 Å². The summed E-state index contributed by atoms with van der Waals surface area (Å²) in [5.41, 5.74) is 6.16. The maximum Gasteiger partial charge on any atom is 0.306 e. The van der Waals surface area contributed by atoms with E-state index in [-0.39, 0.29) is 5.97 Å². The SMILES string of the molecule is CC(C)(C)OC(=O)CCCOc1ccc(CN)cc1. The largest absolute Gasteiger partial charge is 0.494 e. The number of hydrogen-bond acceptors (Lipinski definition) is 4. The molecule has 0 bridgehead atoms. The molecule has 2 N–H and O–H groups in total. The van der Waals surface area contributed by atoms with Crippen LogP contribution in [0.25, 0.3) is 0 Å². The highest BCUT2D eigenvalue weighted by Crippen LogP contribution is 2.13. The first-order valence-corrected chi connectivity index (χ1v) is 6.54. The van der Waals surface area contributed by atoms with Crippen molar-refractivity contribution in [2.45, 2.75) is 45.8 Å². The van der Waals surface area contributed by atoms with Gasteiger partial charge in [0, 0.05) is 13.0 Å². The minimum atomic E-state index is -0.421. The maximum atomic E-state index is 11.5. The number of carbonyl (C=O) groups excluding carboxylic acids is 1. The van der Waals surface area contributed by atoms with Gasteiger partial charge < -0.3 is 15.2 Å². The summed E-state index contributed by atoms with van der Waals surface area (Å²) in [4.78, 5) is 11.5. The van der Waals surface area contributed by atoms with Crippen molar-refractivity contribution < 1.29 is 14.3 Å². The van der Waals surface area contributed by atoms with E-state index < -0.39 is 5.60 Å². The molecule has 0 radical (unpaired) electrons. The van der Waals surface area contributed by atoms with E-state index in [0.29, 0.717) is 26.0 Å². The molecule has 0 spiro atoms. The predicted molar refractivity (Wildman–Crippen MR) is 74.9 cm³/mol. The van der Waals surface area contributed by atoms with Gasteiger partial charge in [0.15, 0.2) is 0 Å². The van der Waals surface area contributed by atoms with Gasteiger partial charge in [-0.15, -0.1) is 0 Å². The predicted octanol–water partition coefficient (Wildman–Crippen LogP) is 2.65. The molecule has 1 aromatic rings. The molecule has 0 fully saturated rings. The normalized spacial score (nSPS) is 11.2. The van der Waals surface area contributed by atoms with Crippen molar-refractivity contribution in [1.82, 2.24) is 0 Å². The van der Waals surface area contributed by atoms with Crippen molar-refractivity contribution in [2.75, 3.05) is 6.61 Å². The molecule has 1 rings (SSSR count). The molecule has 0 unspecified atom stereocenters. The van der Waals surface area contributed by atoms with Crippen molar-refractivity contribution in [3.05, 3.63) is 29.8 Å². The maximum absolute atomic E-state index is 11.5. The van der Waals surface area contributed by atoms with Crippen LogP contribution in [0.4, 0.5) is 0 Å². The van der Waals surface area contributed by atoms with Gasteiger partial charge in [-0.05, 0) is 44.9 Å². The van der Waals surface area contributed by atoms with E-state index in [1.807, 2.05) is 45.0 Å². The molecule has 19 heavy (non-hydrogen) atoms. The average Bonchev–Trinajstić information content (AvgIpc) is 2.33. The third-order valence-electron chi connectivity index (χ3n) is 2.37. The number of benzene rings is 1. The van der Waals surface area contributed by atoms with Crippen LogP contribution >= 0.6 is 0 Å². The van der Waals surface area contributed by atoms with Gasteiger partial charge in [-0.3, -0.25) is 4.79 Å². The van der Waals surface area contributed by atoms with Crippen LogP contribution in [0, 0.1) is 0 Å². The molecule has 0 aliphatic carbocycles.